The van der Waals surface area contributed by atoms with Crippen molar-refractivity contribution in [1.29, 1.82) is 0 Å². The van der Waals surface area contributed by atoms with Crippen molar-refractivity contribution in [2.45, 2.75) is 26.8 Å². The number of rotatable bonds is 7. The Labute approximate surface area is 144 Å². The van der Waals surface area contributed by atoms with Gasteiger partial charge in [-0.25, -0.2) is 9.78 Å². The summed E-state index contributed by atoms with van der Waals surface area (Å²) in [6, 6.07) is 6.51. The Kier molecular flexibility index (Phi) is 5.92. The fourth-order valence-electron chi connectivity index (χ4n) is 2.10. The van der Waals surface area contributed by atoms with E-state index in [-0.39, 0.29) is 11.6 Å². The van der Waals surface area contributed by atoms with E-state index < -0.39 is 17.9 Å². The minimum absolute atomic E-state index is 0.212. The second-order valence-corrected chi connectivity index (χ2v) is 6.39. The number of aromatic nitrogens is 1. The Morgan fingerprint density at radius 1 is 1.29 bits per heavy atom. The number of thiazole rings is 1. The zero-order chi connectivity index (χ0) is 17.7. The smallest absolute Gasteiger partial charge is 0.326 e. The van der Waals surface area contributed by atoms with Gasteiger partial charge in [0.25, 0.3) is 5.91 Å². The van der Waals surface area contributed by atoms with Crippen LogP contribution in [0.1, 0.15) is 31.3 Å². The topological polar surface area (TPSA) is 88.5 Å². The standard InChI is InChI=1S/C17H20N2O4S/c1-4-23-12-7-5-11(6-8-12)16-18-13(9-24-16)15(20)19-14(10(2)3)17(21)22/h5-10,14H,4H2,1-3H3,(H,19,20)(H,21,22)/t14-/m1/s1. The number of carboxylic acids is 1. The summed E-state index contributed by atoms with van der Waals surface area (Å²) < 4.78 is 5.39. The number of amides is 1. The van der Waals surface area contributed by atoms with Crippen LogP contribution in [0.2, 0.25) is 0 Å². The molecule has 128 valence electrons. The normalized spacial score (nSPS) is 12.0. The Morgan fingerprint density at radius 2 is 1.96 bits per heavy atom. The molecule has 2 rings (SSSR count). The SMILES string of the molecule is CCOc1ccc(-c2nc(C(=O)N[C@@H](C(=O)O)C(C)C)cs2)cc1. The predicted octanol–water partition coefficient (Wildman–Crippen LogP) is 3.05. The summed E-state index contributed by atoms with van der Waals surface area (Å²) in [4.78, 5) is 27.7. The highest BCUT2D eigenvalue weighted by Gasteiger charge is 2.25. The maximum atomic E-state index is 12.2. The van der Waals surface area contributed by atoms with Crippen LogP contribution in [0.25, 0.3) is 10.6 Å². The number of hydrogen-bond acceptors (Lipinski definition) is 5. The number of carbonyl (C=O) groups is 2. The molecule has 0 unspecified atom stereocenters. The average molecular weight is 348 g/mol. The van der Waals surface area contributed by atoms with Crippen molar-refractivity contribution in [3.8, 4) is 16.3 Å². The lowest BCUT2D eigenvalue weighted by Gasteiger charge is -2.16. The van der Waals surface area contributed by atoms with E-state index in [1.165, 1.54) is 11.3 Å². The van der Waals surface area contributed by atoms with E-state index in [1.54, 1.807) is 19.2 Å². The van der Waals surface area contributed by atoms with Crippen LogP contribution < -0.4 is 10.1 Å². The summed E-state index contributed by atoms with van der Waals surface area (Å²) in [5, 5.41) is 14.0. The van der Waals surface area contributed by atoms with Gasteiger partial charge in [-0.05, 0) is 37.1 Å². The van der Waals surface area contributed by atoms with Crippen molar-refractivity contribution in [2.75, 3.05) is 6.61 Å². The van der Waals surface area contributed by atoms with Gasteiger partial charge in [-0.1, -0.05) is 13.8 Å². The number of nitrogens with one attached hydrogen (secondary N) is 1. The highest BCUT2D eigenvalue weighted by molar-refractivity contribution is 7.13. The molecular weight excluding hydrogens is 328 g/mol. The molecule has 1 heterocycles. The fraction of sp³-hybridized carbons (Fsp3) is 0.353. The maximum Gasteiger partial charge on any atom is 0.326 e. The van der Waals surface area contributed by atoms with E-state index in [9.17, 15) is 9.59 Å². The number of hydrogen-bond donors (Lipinski definition) is 2. The average Bonchev–Trinajstić information content (AvgIpc) is 3.03. The predicted molar refractivity (Wildman–Crippen MR) is 92.4 cm³/mol. The number of aliphatic carboxylic acids is 1. The van der Waals surface area contributed by atoms with E-state index in [0.29, 0.717) is 11.6 Å². The second-order valence-electron chi connectivity index (χ2n) is 5.53. The molecule has 1 aromatic heterocycles. The minimum Gasteiger partial charge on any atom is -0.494 e. The Hall–Kier alpha value is -2.41. The summed E-state index contributed by atoms with van der Waals surface area (Å²) in [6.45, 7) is 6.00. The molecule has 24 heavy (non-hydrogen) atoms. The van der Waals surface area contributed by atoms with Gasteiger partial charge < -0.3 is 15.2 Å². The molecule has 0 aliphatic carbocycles. The quantitative estimate of drug-likeness (QED) is 0.803. The molecule has 0 bridgehead atoms. The third-order valence-electron chi connectivity index (χ3n) is 3.37. The van der Waals surface area contributed by atoms with Gasteiger partial charge in [0.1, 0.15) is 22.5 Å². The van der Waals surface area contributed by atoms with E-state index in [2.05, 4.69) is 10.3 Å². The van der Waals surface area contributed by atoms with E-state index in [1.807, 2.05) is 31.2 Å². The molecule has 1 amide bonds. The van der Waals surface area contributed by atoms with E-state index >= 15 is 0 Å². The van der Waals surface area contributed by atoms with Crippen LogP contribution in [-0.2, 0) is 4.79 Å². The van der Waals surface area contributed by atoms with Crippen LogP contribution in [0, 0.1) is 5.92 Å². The lowest BCUT2D eigenvalue weighted by molar-refractivity contribution is -0.140. The molecule has 2 N–H and O–H groups in total. The van der Waals surface area contributed by atoms with Crippen molar-refractivity contribution in [3.05, 3.63) is 35.3 Å². The van der Waals surface area contributed by atoms with Gasteiger partial charge in [-0.2, -0.15) is 0 Å². The molecule has 0 aliphatic rings. The number of benzene rings is 1. The first kappa shape index (κ1) is 17.9. The Morgan fingerprint density at radius 3 is 2.50 bits per heavy atom. The van der Waals surface area contributed by atoms with Crippen molar-refractivity contribution < 1.29 is 19.4 Å². The third-order valence-corrected chi connectivity index (χ3v) is 4.26. The van der Waals surface area contributed by atoms with Crippen LogP contribution >= 0.6 is 11.3 Å². The molecule has 0 saturated heterocycles. The maximum absolute atomic E-state index is 12.2. The van der Waals surface area contributed by atoms with Crippen molar-refractivity contribution in [1.82, 2.24) is 10.3 Å². The lowest BCUT2D eigenvalue weighted by atomic mass is 10.0. The molecule has 0 saturated carbocycles. The van der Waals surface area contributed by atoms with Gasteiger partial charge in [0.05, 0.1) is 6.61 Å². The zero-order valence-electron chi connectivity index (χ0n) is 13.8. The minimum atomic E-state index is -1.06. The summed E-state index contributed by atoms with van der Waals surface area (Å²) in [5.41, 5.74) is 1.09. The molecule has 0 aliphatic heterocycles. The van der Waals surface area contributed by atoms with Gasteiger partial charge in [-0.15, -0.1) is 11.3 Å². The van der Waals surface area contributed by atoms with Crippen molar-refractivity contribution in [2.24, 2.45) is 5.92 Å². The third kappa shape index (κ3) is 4.32. The van der Waals surface area contributed by atoms with Crippen LogP contribution in [0.4, 0.5) is 0 Å². The molecule has 0 fully saturated rings. The number of carbonyl (C=O) groups excluding carboxylic acids is 1. The molecule has 2 aromatic rings. The molecular formula is C17H20N2O4S. The number of carboxylic acid groups (broad SMARTS) is 1. The highest BCUT2D eigenvalue weighted by Crippen LogP contribution is 2.25. The largest absolute Gasteiger partial charge is 0.494 e. The first-order chi connectivity index (χ1) is 11.4. The van der Waals surface area contributed by atoms with Gasteiger partial charge in [0.15, 0.2) is 0 Å². The molecule has 0 radical (unpaired) electrons. The second kappa shape index (κ2) is 7.92. The first-order valence-electron chi connectivity index (χ1n) is 7.64. The number of nitrogens with zero attached hydrogens (tertiary/aromatic N) is 1. The summed E-state index contributed by atoms with van der Waals surface area (Å²) >= 11 is 1.33. The molecule has 7 heteroatoms. The lowest BCUT2D eigenvalue weighted by Crippen LogP contribution is -2.44. The van der Waals surface area contributed by atoms with Crippen LogP contribution in [0.15, 0.2) is 29.6 Å². The van der Waals surface area contributed by atoms with Crippen molar-refractivity contribution >= 4 is 23.2 Å². The summed E-state index contributed by atoms with van der Waals surface area (Å²) in [7, 11) is 0. The molecule has 1 aromatic carbocycles. The summed E-state index contributed by atoms with van der Waals surface area (Å²) in [5.74, 6) is -0.975. The van der Waals surface area contributed by atoms with Gasteiger partial charge in [0.2, 0.25) is 0 Å². The fourth-order valence-corrected chi connectivity index (χ4v) is 2.91. The van der Waals surface area contributed by atoms with Crippen molar-refractivity contribution in [3.63, 3.8) is 0 Å². The summed E-state index contributed by atoms with van der Waals surface area (Å²) in [6.07, 6.45) is 0. The zero-order valence-corrected chi connectivity index (χ0v) is 14.6. The Bertz CT molecular complexity index is 710. The molecule has 1 atom stereocenters. The first-order valence-corrected chi connectivity index (χ1v) is 8.52. The molecule has 0 spiro atoms. The highest BCUT2D eigenvalue weighted by atomic mass is 32.1. The Balaban J connectivity index is 2.12. The van der Waals surface area contributed by atoms with Gasteiger partial charge >= 0.3 is 5.97 Å². The molecule has 6 nitrogen and oxygen atoms in total. The van der Waals surface area contributed by atoms with Gasteiger partial charge in [0, 0.05) is 10.9 Å². The monoisotopic (exact) mass is 348 g/mol. The van der Waals surface area contributed by atoms with E-state index in [4.69, 9.17) is 9.84 Å². The van der Waals surface area contributed by atoms with E-state index in [0.717, 1.165) is 11.3 Å². The van der Waals surface area contributed by atoms with Crippen LogP contribution in [0.3, 0.4) is 0 Å². The van der Waals surface area contributed by atoms with Crippen LogP contribution in [-0.4, -0.2) is 34.6 Å². The number of ether oxygens (including phenoxy) is 1. The van der Waals surface area contributed by atoms with Gasteiger partial charge in [-0.3, -0.25) is 4.79 Å². The van der Waals surface area contributed by atoms with Crippen LogP contribution in [0.5, 0.6) is 5.75 Å².